The average molecular weight is 399 g/mol. The van der Waals surface area contributed by atoms with Crippen molar-refractivity contribution in [3.63, 3.8) is 0 Å². The van der Waals surface area contributed by atoms with Gasteiger partial charge in [0, 0.05) is 14.2 Å². The van der Waals surface area contributed by atoms with Crippen LogP contribution < -0.4 is 5.32 Å². The third-order valence-corrected chi connectivity index (χ3v) is 4.67. The van der Waals surface area contributed by atoms with E-state index < -0.39 is 18.2 Å². The number of ether oxygens (including phenoxy) is 3. The average Bonchev–Trinajstić information content (AvgIpc) is 2.73. The van der Waals surface area contributed by atoms with Gasteiger partial charge >= 0.3 is 5.97 Å². The molecule has 156 valence electrons. The molecule has 0 heterocycles. The lowest BCUT2D eigenvalue weighted by Gasteiger charge is -2.25. The maximum Gasteiger partial charge on any atom is 0.339 e. The molecule has 2 unspecified atom stereocenters. The SMILES string of the molecule is COC(C(=O)N[C@@H](COC(=O)C(OC)c1ccccc1)C(C)C)c1ccccc1. The van der Waals surface area contributed by atoms with Crippen LogP contribution in [-0.4, -0.2) is 38.7 Å². The van der Waals surface area contributed by atoms with E-state index in [1.165, 1.54) is 14.2 Å². The summed E-state index contributed by atoms with van der Waals surface area (Å²) in [6.07, 6.45) is -1.54. The minimum absolute atomic E-state index is 0.0418. The fourth-order valence-electron chi connectivity index (χ4n) is 2.93. The zero-order chi connectivity index (χ0) is 21.2. The third kappa shape index (κ3) is 6.41. The number of amides is 1. The molecular formula is C23H29NO5. The first-order valence-corrected chi connectivity index (χ1v) is 9.60. The van der Waals surface area contributed by atoms with Crippen LogP contribution >= 0.6 is 0 Å². The Morgan fingerprint density at radius 1 is 0.828 bits per heavy atom. The quantitative estimate of drug-likeness (QED) is 0.620. The monoisotopic (exact) mass is 399 g/mol. The van der Waals surface area contributed by atoms with E-state index in [-0.39, 0.29) is 24.5 Å². The van der Waals surface area contributed by atoms with E-state index in [1.54, 1.807) is 12.1 Å². The number of esters is 1. The Hall–Kier alpha value is -2.70. The number of carbonyl (C=O) groups is 2. The van der Waals surface area contributed by atoms with Gasteiger partial charge in [-0.2, -0.15) is 0 Å². The molecule has 2 aromatic carbocycles. The van der Waals surface area contributed by atoms with Crippen molar-refractivity contribution in [1.82, 2.24) is 5.32 Å². The Morgan fingerprint density at radius 2 is 1.31 bits per heavy atom. The highest BCUT2D eigenvalue weighted by Gasteiger charge is 2.27. The first-order valence-electron chi connectivity index (χ1n) is 9.60. The maximum absolute atomic E-state index is 12.7. The van der Waals surface area contributed by atoms with Gasteiger partial charge in [0.25, 0.3) is 5.91 Å². The number of hydrogen-bond donors (Lipinski definition) is 1. The molecule has 2 rings (SSSR count). The maximum atomic E-state index is 12.7. The van der Waals surface area contributed by atoms with Crippen LogP contribution in [0.1, 0.15) is 37.2 Å². The Labute approximate surface area is 172 Å². The van der Waals surface area contributed by atoms with Crippen LogP contribution in [0.2, 0.25) is 0 Å². The number of methoxy groups -OCH3 is 2. The minimum atomic E-state index is -0.809. The fourth-order valence-corrected chi connectivity index (χ4v) is 2.93. The van der Waals surface area contributed by atoms with E-state index in [0.717, 1.165) is 5.56 Å². The Balaban J connectivity index is 2.00. The van der Waals surface area contributed by atoms with Gasteiger partial charge in [0.05, 0.1) is 6.04 Å². The van der Waals surface area contributed by atoms with E-state index in [4.69, 9.17) is 14.2 Å². The molecule has 0 fully saturated rings. The molecule has 0 radical (unpaired) electrons. The van der Waals surface area contributed by atoms with Crippen LogP contribution in [0.3, 0.4) is 0 Å². The van der Waals surface area contributed by atoms with Gasteiger partial charge in [-0.25, -0.2) is 4.79 Å². The highest BCUT2D eigenvalue weighted by atomic mass is 16.6. The lowest BCUT2D eigenvalue weighted by atomic mass is 10.0. The topological polar surface area (TPSA) is 73.9 Å². The summed E-state index contributed by atoms with van der Waals surface area (Å²) in [7, 11) is 2.95. The highest BCUT2D eigenvalue weighted by Crippen LogP contribution is 2.20. The molecule has 29 heavy (non-hydrogen) atoms. The van der Waals surface area contributed by atoms with E-state index in [9.17, 15) is 9.59 Å². The molecule has 1 N–H and O–H groups in total. The van der Waals surface area contributed by atoms with E-state index in [0.29, 0.717) is 5.56 Å². The van der Waals surface area contributed by atoms with Crippen molar-refractivity contribution >= 4 is 11.9 Å². The molecule has 2 aromatic rings. The van der Waals surface area contributed by atoms with Crippen LogP contribution in [0.5, 0.6) is 0 Å². The first-order chi connectivity index (χ1) is 14.0. The van der Waals surface area contributed by atoms with Crippen LogP contribution in [0.15, 0.2) is 60.7 Å². The van der Waals surface area contributed by atoms with Crippen molar-refractivity contribution in [3.8, 4) is 0 Å². The third-order valence-electron chi connectivity index (χ3n) is 4.67. The molecule has 1 amide bonds. The zero-order valence-electron chi connectivity index (χ0n) is 17.3. The van der Waals surface area contributed by atoms with E-state index >= 15 is 0 Å². The number of carbonyl (C=O) groups excluding carboxylic acids is 2. The number of rotatable bonds is 10. The number of benzene rings is 2. The molecule has 0 aromatic heterocycles. The van der Waals surface area contributed by atoms with Crippen molar-refractivity contribution < 1.29 is 23.8 Å². The molecule has 0 aliphatic carbocycles. The van der Waals surface area contributed by atoms with Gasteiger partial charge in [0.15, 0.2) is 12.2 Å². The Bertz CT molecular complexity index is 763. The van der Waals surface area contributed by atoms with Gasteiger partial charge < -0.3 is 19.5 Å². The van der Waals surface area contributed by atoms with Crippen molar-refractivity contribution in [1.29, 1.82) is 0 Å². The van der Waals surface area contributed by atoms with Gasteiger partial charge in [-0.15, -0.1) is 0 Å². The second-order valence-corrected chi connectivity index (χ2v) is 7.04. The van der Waals surface area contributed by atoms with E-state index in [2.05, 4.69) is 5.32 Å². The summed E-state index contributed by atoms with van der Waals surface area (Å²) in [5.41, 5.74) is 1.48. The molecular weight excluding hydrogens is 370 g/mol. The predicted molar refractivity (Wildman–Crippen MR) is 110 cm³/mol. The Morgan fingerprint density at radius 3 is 1.76 bits per heavy atom. The predicted octanol–water partition coefficient (Wildman–Crippen LogP) is 3.45. The summed E-state index contributed by atoms with van der Waals surface area (Å²) in [5, 5.41) is 2.94. The van der Waals surface area contributed by atoms with Gasteiger partial charge in [0.1, 0.15) is 6.61 Å². The standard InChI is InChI=1S/C23H29NO5/c1-16(2)19(24-22(25)20(27-3)17-11-7-5-8-12-17)15-29-23(26)21(28-4)18-13-9-6-10-14-18/h5-14,16,19-21H,15H2,1-4H3,(H,24,25)/t19-,20?,21?/m0/s1. The molecule has 0 spiro atoms. The lowest BCUT2D eigenvalue weighted by Crippen LogP contribution is -2.45. The number of nitrogens with one attached hydrogen (secondary N) is 1. The molecule has 0 aliphatic heterocycles. The summed E-state index contributed by atoms with van der Waals surface area (Å²) in [6.45, 7) is 3.95. The van der Waals surface area contributed by atoms with Gasteiger partial charge in [-0.3, -0.25) is 4.79 Å². The molecule has 0 saturated heterocycles. The van der Waals surface area contributed by atoms with Crippen LogP contribution in [0.25, 0.3) is 0 Å². The second-order valence-electron chi connectivity index (χ2n) is 7.04. The first kappa shape index (κ1) is 22.6. The summed E-state index contributed by atoms with van der Waals surface area (Å²) >= 11 is 0. The normalized spacial score (nSPS) is 14.1. The van der Waals surface area contributed by atoms with Gasteiger partial charge in [0.2, 0.25) is 0 Å². The van der Waals surface area contributed by atoms with Gasteiger partial charge in [-0.1, -0.05) is 74.5 Å². The smallest absolute Gasteiger partial charge is 0.339 e. The van der Waals surface area contributed by atoms with Crippen molar-refractivity contribution in [3.05, 3.63) is 71.8 Å². The lowest BCUT2D eigenvalue weighted by molar-refractivity contribution is -0.157. The van der Waals surface area contributed by atoms with Crippen molar-refractivity contribution in [2.45, 2.75) is 32.1 Å². The second kappa shape index (κ2) is 11.3. The molecule has 0 aliphatic rings. The van der Waals surface area contributed by atoms with E-state index in [1.807, 2.05) is 62.4 Å². The molecule has 0 bridgehead atoms. The zero-order valence-corrected chi connectivity index (χ0v) is 17.3. The molecule has 6 heteroatoms. The highest BCUT2D eigenvalue weighted by molar-refractivity contribution is 5.82. The molecule has 3 atom stereocenters. The van der Waals surface area contributed by atoms with Crippen LogP contribution in [-0.2, 0) is 23.8 Å². The summed E-state index contributed by atoms with van der Waals surface area (Å²) in [5.74, 6) is -0.720. The summed E-state index contributed by atoms with van der Waals surface area (Å²) in [4.78, 5) is 25.3. The fraction of sp³-hybridized carbons (Fsp3) is 0.391. The largest absolute Gasteiger partial charge is 0.461 e. The van der Waals surface area contributed by atoms with Crippen molar-refractivity contribution in [2.24, 2.45) is 5.92 Å². The van der Waals surface area contributed by atoms with Crippen LogP contribution in [0.4, 0.5) is 0 Å². The van der Waals surface area contributed by atoms with Crippen molar-refractivity contribution in [2.75, 3.05) is 20.8 Å². The molecule has 6 nitrogen and oxygen atoms in total. The minimum Gasteiger partial charge on any atom is -0.461 e. The van der Waals surface area contributed by atoms with Crippen LogP contribution in [0, 0.1) is 5.92 Å². The molecule has 0 saturated carbocycles. The summed E-state index contributed by atoms with van der Waals surface area (Å²) in [6, 6.07) is 18.0. The van der Waals surface area contributed by atoms with Gasteiger partial charge in [-0.05, 0) is 17.0 Å². The summed E-state index contributed by atoms with van der Waals surface area (Å²) < 4.78 is 16.2. The Kier molecular flexibility index (Phi) is 8.83. The number of hydrogen-bond acceptors (Lipinski definition) is 5.